The van der Waals surface area contributed by atoms with Crippen LogP contribution in [0.1, 0.15) is 54.4 Å². The highest BCUT2D eigenvalue weighted by Crippen LogP contribution is 2.29. The summed E-state index contributed by atoms with van der Waals surface area (Å²) in [6.07, 6.45) is 1.89. The minimum Gasteiger partial charge on any atom is -0.510 e. The zero-order valence-corrected chi connectivity index (χ0v) is 16.2. The van der Waals surface area contributed by atoms with E-state index in [0.717, 1.165) is 5.56 Å². The number of carbonyl (C=O) groups excluding carboxylic acids is 1. The van der Waals surface area contributed by atoms with Crippen LogP contribution in [0.4, 0.5) is 0 Å². The quantitative estimate of drug-likeness (QED) is 0.611. The molecule has 1 aliphatic rings. The summed E-state index contributed by atoms with van der Waals surface area (Å²) in [6, 6.07) is 6.82. The minimum absolute atomic E-state index is 0.228. The molecular weight excluding hydrogens is 376 g/mol. The molecule has 11 nitrogen and oxygen atoms in total. The average molecular weight is 396 g/mol. The zero-order valence-electron chi connectivity index (χ0n) is 16.2. The van der Waals surface area contributed by atoms with E-state index in [4.69, 9.17) is 4.74 Å². The van der Waals surface area contributed by atoms with Crippen LogP contribution in [0.5, 0.6) is 0 Å². The SMILES string of the molecule is CC(C)(C)OC(=O)c1cccc(Cn2nnc(Cc3nnn(C4C=C4O)n3)n2)c1. The van der Waals surface area contributed by atoms with Crippen LogP contribution in [0, 0.1) is 0 Å². The summed E-state index contributed by atoms with van der Waals surface area (Å²) in [4.78, 5) is 15.0. The first-order valence-corrected chi connectivity index (χ1v) is 9.05. The Labute approximate surface area is 166 Å². The van der Waals surface area contributed by atoms with Gasteiger partial charge in [0.15, 0.2) is 17.7 Å². The summed E-state index contributed by atoms with van der Waals surface area (Å²) in [5, 5.41) is 33.7. The van der Waals surface area contributed by atoms with Crippen molar-refractivity contribution >= 4 is 5.97 Å². The van der Waals surface area contributed by atoms with Crippen molar-refractivity contribution in [1.29, 1.82) is 0 Å². The number of hydrogen-bond acceptors (Lipinski definition) is 9. The van der Waals surface area contributed by atoms with E-state index < -0.39 is 5.60 Å². The Balaban J connectivity index is 1.39. The molecule has 0 bridgehead atoms. The molecule has 0 spiro atoms. The Hall–Kier alpha value is -3.63. The van der Waals surface area contributed by atoms with Gasteiger partial charge in [-0.2, -0.15) is 4.80 Å². The number of benzene rings is 1. The van der Waals surface area contributed by atoms with Gasteiger partial charge < -0.3 is 9.84 Å². The van der Waals surface area contributed by atoms with Gasteiger partial charge in [-0.15, -0.1) is 25.2 Å². The summed E-state index contributed by atoms with van der Waals surface area (Å²) in [7, 11) is 0. The number of allylic oxidation sites excluding steroid dienone is 2. The fraction of sp³-hybridized carbons (Fsp3) is 0.389. The molecule has 1 unspecified atom stereocenters. The van der Waals surface area contributed by atoms with Gasteiger partial charge in [-0.05, 0) is 55.0 Å². The number of rotatable bonds is 6. The molecular formula is C18H20N8O3. The fourth-order valence-corrected chi connectivity index (χ4v) is 2.60. The van der Waals surface area contributed by atoms with Crippen molar-refractivity contribution in [2.24, 2.45) is 0 Å². The third-order valence-corrected chi connectivity index (χ3v) is 3.94. The molecule has 3 aromatic rings. The van der Waals surface area contributed by atoms with Crippen molar-refractivity contribution in [3.05, 3.63) is 58.9 Å². The van der Waals surface area contributed by atoms with Gasteiger partial charge >= 0.3 is 5.97 Å². The average Bonchev–Trinajstić information content (AvgIpc) is 3.03. The third kappa shape index (κ3) is 4.62. The molecule has 11 heteroatoms. The van der Waals surface area contributed by atoms with E-state index in [-0.39, 0.29) is 24.2 Å². The van der Waals surface area contributed by atoms with Gasteiger partial charge in [0.2, 0.25) is 0 Å². The van der Waals surface area contributed by atoms with Gasteiger partial charge in [0, 0.05) is 0 Å². The van der Waals surface area contributed by atoms with Gasteiger partial charge in [0.05, 0.1) is 18.5 Å². The summed E-state index contributed by atoms with van der Waals surface area (Å²) >= 11 is 0. The van der Waals surface area contributed by atoms with Gasteiger partial charge in [0.1, 0.15) is 11.4 Å². The molecule has 1 aromatic carbocycles. The van der Waals surface area contributed by atoms with Crippen LogP contribution < -0.4 is 0 Å². The maximum absolute atomic E-state index is 12.2. The molecule has 2 aromatic heterocycles. The first-order chi connectivity index (χ1) is 13.8. The maximum atomic E-state index is 12.2. The van der Waals surface area contributed by atoms with Crippen molar-refractivity contribution in [3.63, 3.8) is 0 Å². The number of tetrazole rings is 2. The van der Waals surface area contributed by atoms with Crippen LogP contribution in [0.3, 0.4) is 0 Å². The molecule has 0 radical (unpaired) electrons. The van der Waals surface area contributed by atoms with Crippen LogP contribution >= 0.6 is 0 Å². The number of esters is 1. The second-order valence-corrected chi connectivity index (χ2v) is 7.68. The van der Waals surface area contributed by atoms with Crippen LogP contribution in [0.25, 0.3) is 0 Å². The molecule has 0 saturated carbocycles. The summed E-state index contributed by atoms with van der Waals surface area (Å²) < 4.78 is 5.40. The monoisotopic (exact) mass is 396 g/mol. The molecule has 0 amide bonds. The second kappa shape index (κ2) is 7.08. The fourth-order valence-electron chi connectivity index (χ4n) is 2.60. The Morgan fingerprint density at radius 2 is 1.90 bits per heavy atom. The first kappa shape index (κ1) is 18.7. The van der Waals surface area contributed by atoms with E-state index in [1.165, 1.54) is 9.59 Å². The Kier molecular flexibility index (Phi) is 4.57. The van der Waals surface area contributed by atoms with E-state index >= 15 is 0 Å². The number of aliphatic hydroxyl groups is 1. The molecule has 0 fully saturated rings. The van der Waals surface area contributed by atoms with Crippen LogP contribution in [0.15, 0.2) is 36.1 Å². The van der Waals surface area contributed by atoms with E-state index in [9.17, 15) is 9.90 Å². The molecule has 29 heavy (non-hydrogen) atoms. The van der Waals surface area contributed by atoms with E-state index in [1.54, 1.807) is 24.3 Å². The lowest BCUT2D eigenvalue weighted by Crippen LogP contribution is -2.24. The molecule has 0 saturated heterocycles. The molecule has 4 rings (SSSR count). The third-order valence-electron chi connectivity index (χ3n) is 3.94. The van der Waals surface area contributed by atoms with Crippen molar-refractivity contribution in [1.82, 2.24) is 40.4 Å². The Morgan fingerprint density at radius 1 is 1.17 bits per heavy atom. The molecule has 150 valence electrons. The first-order valence-electron chi connectivity index (χ1n) is 9.05. The van der Waals surface area contributed by atoms with Crippen molar-refractivity contribution in [2.45, 2.75) is 45.4 Å². The number of ether oxygens (including phenoxy) is 1. The number of aromatic nitrogens is 8. The standard InChI is InChI=1S/C18H20N8O3/c1-18(2,3)29-17(28)12-6-4-5-11(7-12)10-25-21-15(19-23-25)9-16-20-24-26(22-16)13-8-14(13)27/h4-8,13,27H,9-10H2,1-3H3. The molecule has 2 heterocycles. The van der Waals surface area contributed by atoms with Crippen molar-refractivity contribution in [2.75, 3.05) is 0 Å². The van der Waals surface area contributed by atoms with E-state index in [2.05, 4.69) is 30.8 Å². The second-order valence-electron chi connectivity index (χ2n) is 7.68. The van der Waals surface area contributed by atoms with Crippen molar-refractivity contribution in [3.8, 4) is 0 Å². The zero-order chi connectivity index (χ0) is 20.6. The topological polar surface area (TPSA) is 134 Å². The number of aliphatic hydroxyl groups excluding tert-OH is 1. The number of carbonyl (C=O) groups is 1. The summed E-state index contributed by atoms with van der Waals surface area (Å²) in [5.74, 6) is 0.731. The summed E-state index contributed by atoms with van der Waals surface area (Å²) in [5.41, 5.74) is 0.756. The largest absolute Gasteiger partial charge is 0.510 e. The van der Waals surface area contributed by atoms with Crippen LogP contribution in [-0.4, -0.2) is 57.1 Å². The van der Waals surface area contributed by atoms with Crippen LogP contribution in [-0.2, 0) is 17.7 Å². The molecule has 0 aliphatic heterocycles. The lowest BCUT2D eigenvalue weighted by molar-refractivity contribution is 0.00693. The highest BCUT2D eigenvalue weighted by molar-refractivity contribution is 5.89. The van der Waals surface area contributed by atoms with Gasteiger partial charge in [-0.1, -0.05) is 12.1 Å². The number of nitrogens with zero attached hydrogens (tertiary/aromatic N) is 8. The Bertz CT molecular complexity index is 1080. The normalized spacial score (nSPS) is 15.8. The highest BCUT2D eigenvalue weighted by atomic mass is 16.6. The van der Waals surface area contributed by atoms with Gasteiger partial charge in [-0.25, -0.2) is 4.79 Å². The predicted octanol–water partition coefficient (Wildman–Crippen LogP) is 1.25. The summed E-state index contributed by atoms with van der Waals surface area (Å²) in [6.45, 7) is 5.83. The smallest absolute Gasteiger partial charge is 0.338 e. The Morgan fingerprint density at radius 3 is 2.62 bits per heavy atom. The predicted molar refractivity (Wildman–Crippen MR) is 98.9 cm³/mol. The molecule has 1 N–H and O–H groups in total. The molecule has 1 atom stereocenters. The lowest BCUT2D eigenvalue weighted by atomic mass is 10.1. The lowest BCUT2D eigenvalue weighted by Gasteiger charge is -2.19. The van der Waals surface area contributed by atoms with E-state index in [0.29, 0.717) is 23.8 Å². The highest BCUT2D eigenvalue weighted by Gasteiger charge is 2.29. The van der Waals surface area contributed by atoms with Gasteiger partial charge in [0.25, 0.3) is 0 Å². The minimum atomic E-state index is -0.556. The van der Waals surface area contributed by atoms with E-state index in [1.807, 2.05) is 26.8 Å². The van der Waals surface area contributed by atoms with Crippen LogP contribution in [0.2, 0.25) is 0 Å². The maximum Gasteiger partial charge on any atom is 0.338 e. The van der Waals surface area contributed by atoms with Gasteiger partial charge in [-0.3, -0.25) is 0 Å². The number of hydrogen-bond donors (Lipinski definition) is 1. The molecule has 1 aliphatic carbocycles. The van der Waals surface area contributed by atoms with Crippen molar-refractivity contribution < 1.29 is 14.6 Å².